The molecule has 1 N–H and O–H groups in total. The van der Waals surface area contributed by atoms with E-state index in [1.807, 2.05) is 24.3 Å². The summed E-state index contributed by atoms with van der Waals surface area (Å²) in [6.07, 6.45) is -0.938. The molecule has 1 amide bonds. The van der Waals surface area contributed by atoms with Gasteiger partial charge in [0.15, 0.2) is 12.7 Å². The molecule has 0 saturated heterocycles. The fourth-order valence-corrected chi connectivity index (χ4v) is 3.30. The number of benzene rings is 2. The van der Waals surface area contributed by atoms with Crippen LogP contribution in [-0.4, -0.2) is 37.2 Å². The second-order valence-corrected chi connectivity index (χ2v) is 7.76. The predicted octanol–water partition coefficient (Wildman–Crippen LogP) is 5.18. The van der Waals surface area contributed by atoms with E-state index in [9.17, 15) is 9.59 Å². The van der Waals surface area contributed by atoms with Crippen molar-refractivity contribution in [3.8, 4) is 5.75 Å². The minimum atomic E-state index is -0.938. The van der Waals surface area contributed by atoms with Gasteiger partial charge in [-0.2, -0.15) is 0 Å². The second kappa shape index (κ2) is 11.1. The van der Waals surface area contributed by atoms with Gasteiger partial charge in [0, 0.05) is 29.0 Å². The van der Waals surface area contributed by atoms with E-state index in [0.29, 0.717) is 22.5 Å². The Morgan fingerprint density at radius 1 is 1.07 bits per heavy atom. The Kier molecular flexibility index (Phi) is 8.81. The highest BCUT2D eigenvalue weighted by atomic mass is 35.5. The van der Waals surface area contributed by atoms with Crippen molar-refractivity contribution in [2.45, 2.75) is 39.8 Å². The highest BCUT2D eigenvalue weighted by molar-refractivity contribution is 6.35. The smallest absolute Gasteiger partial charge is 0.347 e. The molecular weight excluding hydrogens is 427 g/mol. The van der Waals surface area contributed by atoms with E-state index in [1.54, 1.807) is 12.1 Å². The molecule has 2 aromatic rings. The molecule has 1 atom stereocenters. The number of nitrogens with zero attached hydrogens (tertiary/aromatic N) is 1. The molecular formula is C22H26Cl2N2O4. The van der Waals surface area contributed by atoms with Crippen molar-refractivity contribution in [3.05, 3.63) is 52.5 Å². The zero-order valence-electron chi connectivity index (χ0n) is 17.4. The molecule has 0 saturated carbocycles. The molecule has 0 fully saturated rings. The first kappa shape index (κ1) is 23.8. The third kappa shape index (κ3) is 6.82. The maximum atomic E-state index is 12.1. The third-order valence-corrected chi connectivity index (χ3v) is 4.85. The first-order valence-corrected chi connectivity index (χ1v) is 10.4. The second-order valence-electron chi connectivity index (χ2n) is 6.92. The monoisotopic (exact) mass is 452 g/mol. The first-order valence-electron chi connectivity index (χ1n) is 9.66. The van der Waals surface area contributed by atoms with Crippen LogP contribution in [0.3, 0.4) is 0 Å². The number of ether oxygens (including phenoxy) is 2. The molecule has 2 rings (SSSR count). The van der Waals surface area contributed by atoms with Crippen LogP contribution in [-0.2, 0) is 14.3 Å². The Balaban J connectivity index is 1.84. The zero-order valence-corrected chi connectivity index (χ0v) is 19.0. The van der Waals surface area contributed by atoms with Crippen molar-refractivity contribution in [1.29, 1.82) is 0 Å². The summed E-state index contributed by atoms with van der Waals surface area (Å²) in [6.45, 7) is 8.32. The van der Waals surface area contributed by atoms with Crippen LogP contribution in [0.1, 0.15) is 27.7 Å². The van der Waals surface area contributed by atoms with E-state index in [1.165, 1.54) is 13.0 Å². The van der Waals surface area contributed by atoms with Gasteiger partial charge in [-0.3, -0.25) is 4.79 Å². The highest BCUT2D eigenvalue weighted by Gasteiger charge is 2.19. The summed E-state index contributed by atoms with van der Waals surface area (Å²) in [5.74, 6) is -0.816. The van der Waals surface area contributed by atoms with Gasteiger partial charge >= 0.3 is 5.97 Å². The number of hydrogen-bond acceptors (Lipinski definition) is 5. The third-order valence-electron chi connectivity index (χ3n) is 4.32. The molecule has 0 aliphatic carbocycles. The summed E-state index contributed by atoms with van der Waals surface area (Å²) in [4.78, 5) is 26.4. The van der Waals surface area contributed by atoms with E-state index in [0.717, 1.165) is 12.2 Å². The van der Waals surface area contributed by atoms with Gasteiger partial charge in [-0.05, 0) is 70.2 Å². The first-order chi connectivity index (χ1) is 14.2. The lowest BCUT2D eigenvalue weighted by Gasteiger charge is -2.27. The molecule has 30 heavy (non-hydrogen) atoms. The van der Waals surface area contributed by atoms with Crippen LogP contribution >= 0.6 is 23.2 Å². The average molecular weight is 453 g/mol. The summed E-state index contributed by atoms with van der Waals surface area (Å²) >= 11 is 11.9. The van der Waals surface area contributed by atoms with Crippen LogP contribution < -0.4 is 15.0 Å². The topological polar surface area (TPSA) is 67.9 Å². The van der Waals surface area contributed by atoms with E-state index in [4.69, 9.17) is 32.7 Å². The van der Waals surface area contributed by atoms with Gasteiger partial charge in [0.1, 0.15) is 5.75 Å². The molecule has 0 bridgehead atoms. The van der Waals surface area contributed by atoms with Crippen LogP contribution in [0, 0.1) is 0 Å². The normalized spacial score (nSPS) is 11.7. The minimum Gasteiger partial charge on any atom is -0.477 e. The lowest BCUT2D eigenvalue weighted by atomic mass is 10.2. The number of anilines is 2. The predicted molar refractivity (Wildman–Crippen MR) is 121 cm³/mol. The Bertz CT molecular complexity index is 872. The maximum absolute atomic E-state index is 12.1. The van der Waals surface area contributed by atoms with Gasteiger partial charge in [0.2, 0.25) is 0 Å². The van der Waals surface area contributed by atoms with Crippen molar-refractivity contribution in [2.75, 3.05) is 23.4 Å². The van der Waals surface area contributed by atoms with Crippen molar-refractivity contribution >= 4 is 46.5 Å². The summed E-state index contributed by atoms with van der Waals surface area (Å²) in [5, 5.41) is 3.44. The van der Waals surface area contributed by atoms with Crippen molar-refractivity contribution < 1.29 is 19.1 Å². The molecule has 0 aromatic heterocycles. The number of rotatable bonds is 9. The van der Waals surface area contributed by atoms with Crippen molar-refractivity contribution in [1.82, 2.24) is 0 Å². The Morgan fingerprint density at radius 2 is 1.73 bits per heavy atom. The van der Waals surface area contributed by atoms with Gasteiger partial charge < -0.3 is 19.7 Å². The van der Waals surface area contributed by atoms with Crippen LogP contribution in [0.4, 0.5) is 11.4 Å². The molecule has 8 heteroatoms. The molecule has 162 valence electrons. The Morgan fingerprint density at radius 3 is 2.30 bits per heavy atom. The zero-order chi connectivity index (χ0) is 22.3. The summed E-state index contributed by atoms with van der Waals surface area (Å²) in [7, 11) is 0. The summed E-state index contributed by atoms with van der Waals surface area (Å²) < 4.78 is 10.5. The number of esters is 1. The number of hydrogen-bond donors (Lipinski definition) is 1. The van der Waals surface area contributed by atoms with E-state index < -0.39 is 24.6 Å². The quantitative estimate of drug-likeness (QED) is 0.530. The Labute approximate surface area is 187 Å². The van der Waals surface area contributed by atoms with Crippen LogP contribution in [0.2, 0.25) is 10.0 Å². The number of amides is 1. The lowest BCUT2D eigenvalue weighted by molar-refractivity contribution is -0.153. The van der Waals surface area contributed by atoms with Crippen molar-refractivity contribution in [2.24, 2.45) is 0 Å². The van der Waals surface area contributed by atoms with Gasteiger partial charge in [-0.25, -0.2) is 4.79 Å². The van der Waals surface area contributed by atoms with Gasteiger partial charge in [-0.15, -0.1) is 0 Å². The molecule has 0 aliphatic heterocycles. The van der Waals surface area contributed by atoms with Gasteiger partial charge in [-0.1, -0.05) is 23.2 Å². The molecule has 0 aliphatic rings. The summed E-state index contributed by atoms with van der Waals surface area (Å²) in [5.41, 5.74) is 1.70. The van der Waals surface area contributed by atoms with Crippen LogP contribution in [0.25, 0.3) is 0 Å². The number of carbonyl (C=O) groups excluding carboxylic acids is 2. The minimum absolute atomic E-state index is 0.280. The number of nitrogens with one attached hydrogen (secondary N) is 1. The molecule has 2 aromatic carbocycles. The number of halogens is 2. The highest BCUT2D eigenvalue weighted by Crippen LogP contribution is 2.28. The van der Waals surface area contributed by atoms with E-state index in [-0.39, 0.29) is 5.02 Å². The molecule has 0 spiro atoms. The molecule has 0 heterocycles. The van der Waals surface area contributed by atoms with Crippen LogP contribution in [0.5, 0.6) is 5.75 Å². The summed E-state index contributed by atoms with van der Waals surface area (Å²) in [6, 6.07) is 12.6. The fraction of sp³-hybridized carbons (Fsp3) is 0.364. The van der Waals surface area contributed by atoms with Crippen molar-refractivity contribution in [3.63, 3.8) is 0 Å². The molecule has 0 radical (unpaired) electrons. The SMILES string of the molecule is CCN(c1ccc(NC(=O)COC(=O)C(C)Oc2ccc(Cl)cc2Cl)cc1)C(C)C. The fourth-order valence-electron chi connectivity index (χ4n) is 2.84. The molecule has 6 nitrogen and oxygen atoms in total. The van der Waals surface area contributed by atoms with Gasteiger partial charge in [0.25, 0.3) is 5.91 Å². The molecule has 1 unspecified atom stereocenters. The number of carbonyl (C=O) groups is 2. The van der Waals surface area contributed by atoms with Gasteiger partial charge in [0.05, 0.1) is 5.02 Å². The maximum Gasteiger partial charge on any atom is 0.347 e. The standard InChI is InChI=1S/C22H26Cl2N2O4/c1-5-26(14(2)3)18-9-7-17(8-10-18)25-21(27)13-29-22(28)15(4)30-20-11-6-16(23)12-19(20)24/h6-12,14-15H,5,13H2,1-4H3,(H,25,27). The van der Waals surface area contributed by atoms with E-state index >= 15 is 0 Å². The Hall–Kier alpha value is -2.44. The lowest BCUT2D eigenvalue weighted by Crippen LogP contribution is -2.30. The average Bonchev–Trinajstić information content (AvgIpc) is 2.69. The van der Waals surface area contributed by atoms with E-state index in [2.05, 4.69) is 31.0 Å². The van der Waals surface area contributed by atoms with Crippen LogP contribution in [0.15, 0.2) is 42.5 Å². The largest absolute Gasteiger partial charge is 0.477 e.